The molecule has 2 aliphatic rings. The van der Waals surface area contributed by atoms with Gasteiger partial charge in [-0.05, 0) is 36.0 Å². The highest BCUT2D eigenvalue weighted by molar-refractivity contribution is 5.88. The minimum absolute atomic E-state index is 0.155. The molecule has 1 N–H and O–H groups in total. The molecular formula is C16H17NO. The van der Waals surface area contributed by atoms with E-state index in [4.69, 9.17) is 0 Å². The van der Waals surface area contributed by atoms with Crippen LogP contribution >= 0.6 is 0 Å². The smallest absolute Gasteiger partial charge is 0.224 e. The molecule has 3 rings (SSSR count). The molecule has 1 aliphatic carbocycles. The number of carbonyl (C=O) groups is 1. The third kappa shape index (κ3) is 1.78. The summed E-state index contributed by atoms with van der Waals surface area (Å²) in [6.45, 7) is 3.83. The second-order valence-corrected chi connectivity index (χ2v) is 5.02. The van der Waals surface area contributed by atoms with E-state index in [9.17, 15) is 4.79 Å². The highest BCUT2D eigenvalue weighted by Crippen LogP contribution is 2.39. The van der Waals surface area contributed by atoms with Gasteiger partial charge in [-0.25, -0.2) is 0 Å². The van der Waals surface area contributed by atoms with Crippen molar-refractivity contribution in [1.29, 1.82) is 0 Å². The van der Waals surface area contributed by atoms with E-state index in [0.717, 1.165) is 25.0 Å². The first kappa shape index (κ1) is 11.3. The summed E-state index contributed by atoms with van der Waals surface area (Å²) in [7, 11) is 0. The Hall–Kier alpha value is -1.83. The van der Waals surface area contributed by atoms with Gasteiger partial charge in [0.25, 0.3) is 0 Å². The zero-order valence-corrected chi connectivity index (χ0v) is 10.4. The molecule has 0 saturated heterocycles. The Labute approximate surface area is 107 Å². The molecule has 0 saturated carbocycles. The van der Waals surface area contributed by atoms with Crippen molar-refractivity contribution in [3.63, 3.8) is 0 Å². The number of benzene rings is 1. The molecule has 2 nitrogen and oxygen atoms in total. The average Bonchev–Trinajstić information content (AvgIpc) is 2.39. The van der Waals surface area contributed by atoms with Crippen molar-refractivity contribution in [3.05, 3.63) is 53.7 Å². The highest BCUT2D eigenvalue weighted by atomic mass is 16.1. The van der Waals surface area contributed by atoms with Gasteiger partial charge < -0.3 is 5.32 Å². The number of nitrogens with one attached hydrogen (secondary N) is 1. The Bertz CT molecular complexity index is 542. The summed E-state index contributed by atoms with van der Waals surface area (Å²) in [5.41, 5.74) is 5.21. The monoisotopic (exact) mass is 239 g/mol. The maximum Gasteiger partial charge on any atom is 0.224 e. The van der Waals surface area contributed by atoms with Crippen LogP contribution in [0, 0.1) is 5.92 Å². The first-order chi connectivity index (χ1) is 8.79. The van der Waals surface area contributed by atoms with Gasteiger partial charge in [-0.1, -0.05) is 30.3 Å². The zero-order valence-electron chi connectivity index (χ0n) is 10.4. The van der Waals surface area contributed by atoms with Gasteiger partial charge >= 0.3 is 0 Å². The van der Waals surface area contributed by atoms with Gasteiger partial charge in [0, 0.05) is 18.0 Å². The minimum Gasteiger partial charge on any atom is -0.329 e. The maximum atomic E-state index is 11.6. The standard InChI is InChI=1S/C16H17NO/c1-2-5-12-10-11-6-3-4-7-13(11)14-8-9-15(18)17-16(12)14/h2-4,6-7,12H,1,5,8-10H2,(H,17,18). The van der Waals surface area contributed by atoms with Crippen LogP contribution in [0.25, 0.3) is 5.57 Å². The number of hydrogen-bond donors (Lipinski definition) is 1. The molecule has 0 aromatic heterocycles. The predicted octanol–water partition coefficient (Wildman–Crippen LogP) is 3.06. The molecular weight excluding hydrogens is 222 g/mol. The number of carbonyl (C=O) groups excluding carboxylic acids is 1. The third-order valence-electron chi connectivity index (χ3n) is 3.87. The van der Waals surface area contributed by atoms with Crippen molar-refractivity contribution >= 4 is 11.5 Å². The van der Waals surface area contributed by atoms with Crippen LogP contribution in [0.1, 0.15) is 30.4 Å². The Morgan fingerprint density at radius 1 is 1.33 bits per heavy atom. The van der Waals surface area contributed by atoms with E-state index < -0.39 is 0 Å². The Morgan fingerprint density at radius 3 is 3.00 bits per heavy atom. The average molecular weight is 239 g/mol. The molecule has 1 atom stereocenters. The molecule has 0 fully saturated rings. The van der Waals surface area contributed by atoms with Crippen molar-refractivity contribution in [2.24, 2.45) is 5.92 Å². The Morgan fingerprint density at radius 2 is 2.17 bits per heavy atom. The predicted molar refractivity (Wildman–Crippen MR) is 72.7 cm³/mol. The van der Waals surface area contributed by atoms with Gasteiger partial charge in [0.2, 0.25) is 5.91 Å². The molecule has 1 aromatic rings. The SMILES string of the molecule is C=CCC1Cc2ccccc2C2=C1NC(=O)CC2. The lowest BCUT2D eigenvalue weighted by molar-refractivity contribution is -0.120. The molecule has 0 radical (unpaired) electrons. The molecule has 2 heteroatoms. The molecule has 1 aliphatic heterocycles. The maximum absolute atomic E-state index is 11.6. The molecule has 18 heavy (non-hydrogen) atoms. The van der Waals surface area contributed by atoms with Crippen molar-refractivity contribution in [1.82, 2.24) is 5.32 Å². The second-order valence-electron chi connectivity index (χ2n) is 5.02. The van der Waals surface area contributed by atoms with Crippen molar-refractivity contribution < 1.29 is 4.79 Å². The number of allylic oxidation sites excluding steroid dienone is 3. The van der Waals surface area contributed by atoms with Crippen LogP contribution < -0.4 is 5.32 Å². The lowest BCUT2D eigenvalue weighted by Gasteiger charge is -2.33. The van der Waals surface area contributed by atoms with Gasteiger partial charge in [0.1, 0.15) is 0 Å². The zero-order chi connectivity index (χ0) is 12.5. The molecule has 0 spiro atoms. The van der Waals surface area contributed by atoms with Crippen LogP contribution in [0.5, 0.6) is 0 Å². The van der Waals surface area contributed by atoms with E-state index in [0.29, 0.717) is 12.3 Å². The Balaban J connectivity index is 2.10. The fraction of sp³-hybridized carbons (Fsp3) is 0.312. The van der Waals surface area contributed by atoms with Gasteiger partial charge in [-0.2, -0.15) is 0 Å². The largest absolute Gasteiger partial charge is 0.329 e. The first-order valence-electron chi connectivity index (χ1n) is 6.51. The summed E-state index contributed by atoms with van der Waals surface area (Å²) < 4.78 is 0. The molecule has 1 heterocycles. The summed E-state index contributed by atoms with van der Waals surface area (Å²) in [5.74, 6) is 0.541. The third-order valence-corrected chi connectivity index (χ3v) is 3.87. The van der Waals surface area contributed by atoms with E-state index in [1.54, 1.807) is 0 Å². The summed E-state index contributed by atoms with van der Waals surface area (Å²) in [4.78, 5) is 11.6. The van der Waals surface area contributed by atoms with Crippen LogP contribution in [-0.4, -0.2) is 5.91 Å². The van der Waals surface area contributed by atoms with Crippen molar-refractivity contribution in [3.8, 4) is 0 Å². The summed E-state index contributed by atoms with van der Waals surface area (Å²) in [6.07, 6.45) is 5.35. The van der Waals surface area contributed by atoms with Crippen molar-refractivity contribution in [2.45, 2.75) is 25.7 Å². The number of rotatable bonds is 2. The van der Waals surface area contributed by atoms with Gasteiger partial charge in [0.15, 0.2) is 0 Å². The highest BCUT2D eigenvalue weighted by Gasteiger charge is 2.30. The quantitative estimate of drug-likeness (QED) is 0.790. The molecule has 0 bridgehead atoms. The van der Waals surface area contributed by atoms with Gasteiger partial charge in [-0.3, -0.25) is 4.79 Å². The fourth-order valence-electron chi connectivity index (χ4n) is 3.05. The normalized spacial score (nSPS) is 22.0. The van der Waals surface area contributed by atoms with Gasteiger partial charge in [-0.15, -0.1) is 6.58 Å². The summed E-state index contributed by atoms with van der Waals surface area (Å²) in [6, 6.07) is 8.54. The van der Waals surface area contributed by atoms with Crippen LogP contribution in [-0.2, 0) is 11.2 Å². The van der Waals surface area contributed by atoms with Crippen LogP contribution in [0.15, 0.2) is 42.6 Å². The topological polar surface area (TPSA) is 29.1 Å². The molecule has 1 aromatic carbocycles. The van der Waals surface area contributed by atoms with E-state index in [1.165, 1.54) is 16.7 Å². The van der Waals surface area contributed by atoms with E-state index in [2.05, 4.69) is 36.2 Å². The lowest BCUT2D eigenvalue weighted by Crippen LogP contribution is -2.34. The van der Waals surface area contributed by atoms with E-state index in [1.807, 2.05) is 6.08 Å². The summed E-state index contributed by atoms with van der Waals surface area (Å²) >= 11 is 0. The lowest BCUT2D eigenvalue weighted by atomic mass is 9.78. The molecule has 1 unspecified atom stereocenters. The second kappa shape index (κ2) is 4.45. The molecule has 92 valence electrons. The van der Waals surface area contributed by atoms with Gasteiger partial charge in [0.05, 0.1) is 0 Å². The van der Waals surface area contributed by atoms with Crippen LogP contribution in [0.2, 0.25) is 0 Å². The number of fused-ring (bicyclic) bond motifs is 2. The van der Waals surface area contributed by atoms with Crippen LogP contribution in [0.4, 0.5) is 0 Å². The summed E-state index contributed by atoms with van der Waals surface area (Å²) in [5, 5.41) is 3.09. The minimum atomic E-state index is 0.155. The Kier molecular flexibility index (Phi) is 2.78. The van der Waals surface area contributed by atoms with Crippen molar-refractivity contribution in [2.75, 3.05) is 0 Å². The first-order valence-corrected chi connectivity index (χ1v) is 6.51. The van der Waals surface area contributed by atoms with E-state index in [-0.39, 0.29) is 5.91 Å². The van der Waals surface area contributed by atoms with Crippen LogP contribution in [0.3, 0.4) is 0 Å². The fourth-order valence-corrected chi connectivity index (χ4v) is 3.05. The molecule has 1 amide bonds. The number of hydrogen-bond acceptors (Lipinski definition) is 1. The van der Waals surface area contributed by atoms with E-state index >= 15 is 0 Å². The number of amides is 1.